The molecule has 2 N–H and O–H groups in total. The number of aryl methyl sites for hydroxylation is 1. The summed E-state index contributed by atoms with van der Waals surface area (Å²) in [5, 5.41) is 0.751. The van der Waals surface area contributed by atoms with Crippen LogP contribution >= 0.6 is 11.8 Å². The van der Waals surface area contributed by atoms with Crippen LogP contribution in [0.25, 0.3) is 0 Å². The van der Waals surface area contributed by atoms with Gasteiger partial charge in [-0.25, -0.2) is 9.97 Å². The van der Waals surface area contributed by atoms with E-state index in [0.717, 1.165) is 33.3 Å². The summed E-state index contributed by atoms with van der Waals surface area (Å²) in [4.78, 5) is 8.57. The number of nitrogens with two attached hydrogens (primary N) is 1. The van der Waals surface area contributed by atoms with Gasteiger partial charge in [-0.3, -0.25) is 0 Å². The zero-order chi connectivity index (χ0) is 15.1. The third kappa shape index (κ3) is 4.48. The van der Waals surface area contributed by atoms with Crippen molar-refractivity contribution in [2.24, 2.45) is 5.73 Å². The summed E-state index contributed by atoms with van der Waals surface area (Å²) < 4.78 is 5.39. The fourth-order valence-corrected chi connectivity index (χ4v) is 2.48. The van der Waals surface area contributed by atoms with Crippen LogP contribution in [0.4, 0.5) is 0 Å². The molecule has 0 atom stereocenters. The first kappa shape index (κ1) is 15.4. The van der Waals surface area contributed by atoms with Gasteiger partial charge in [0.15, 0.2) is 5.16 Å². The summed E-state index contributed by atoms with van der Waals surface area (Å²) in [6.45, 7) is 2.32. The molecule has 0 saturated carbocycles. The molecule has 0 amide bonds. The second kappa shape index (κ2) is 7.67. The Morgan fingerprint density at radius 2 is 2.05 bits per heavy atom. The lowest BCUT2D eigenvalue weighted by atomic mass is 10.1. The van der Waals surface area contributed by atoms with Gasteiger partial charge in [0.2, 0.25) is 0 Å². The van der Waals surface area contributed by atoms with E-state index in [1.165, 1.54) is 0 Å². The van der Waals surface area contributed by atoms with E-state index < -0.39 is 0 Å². The summed E-state index contributed by atoms with van der Waals surface area (Å²) in [6.07, 6.45) is 3.63. The van der Waals surface area contributed by atoms with E-state index in [2.05, 4.69) is 21.8 Å². The van der Waals surface area contributed by atoms with E-state index in [-0.39, 0.29) is 0 Å². The lowest BCUT2D eigenvalue weighted by Crippen LogP contribution is -1.95. The number of aromatic nitrogens is 2. The van der Waals surface area contributed by atoms with Crippen LogP contribution in [0.1, 0.15) is 16.7 Å². The van der Waals surface area contributed by atoms with Crippen molar-refractivity contribution in [1.82, 2.24) is 9.97 Å². The average Bonchev–Trinajstić information content (AvgIpc) is 2.52. The van der Waals surface area contributed by atoms with Gasteiger partial charge in [0, 0.05) is 29.3 Å². The molecule has 1 aromatic heterocycles. The van der Waals surface area contributed by atoms with Gasteiger partial charge in [-0.05, 0) is 30.7 Å². The lowest BCUT2D eigenvalue weighted by Gasteiger charge is -2.08. The van der Waals surface area contributed by atoms with E-state index in [1.807, 2.05) is 37.5 Å². The molecule has 2 rings (SSSR count). The molecule has 21 heavy (non-hydrogen) atoms. The predicted octanol–water partition coefficient (Wildman–Crippen LogP) is 2.40. The lowest BCUT2D eigenvalue weighted by molar-refractivity contribution is 0.411. The second-order valence-electron chi connectivity index (χ2n) is 4.36. The van der Waals surface area contributed by atoms with Crippen molar-refractivity contribution in [2.45, 2.75) is 17.8 Å². The number of hydrogen-bond donors (Lipinski definition) is 1. The molecule has 2 aromatic rings. The Morgan fingerprint density at radius 3 is 2.71 bits per heavy atom. The minimum absolute atomic E-state index is 0.354. The number of thioether (sulfide) groups is 1. The van der Waals surface area contributed by atoms with E-state index in [1.54, 1.807) is 18.9 Å². The quantitative estimate of drug-likeness (QED) is 0.533. The Morgan fingerprint density at radius 1 is 1.29 bits per heavy atom. The highest BCUT2D eigenvalue weighted by Crippen LogP contribution is 2.26. The van der Waals surface area contributed by atoms with Crippen molar-refractivity contribution in [1.29, 1.82) is 0 Å². The highest BCUT2D eigenvalue weighted by Gasteiger charge is 2.06. The molecule has 1 aromatic carbocycles. The number of hydrogen-bond acceptors (Lipinski definition) is 5. The molecule has 0 aliphatic heterocycles. The minimum atomic E-state index is 0.354. The van der Waals surface area contributed by atoms with Crippen LogP contribution in [0, 0.1) is 18.8 Å². The van der Waals surface area contributed by atoms with Crippen LogP contribution in [0.2, 0.25) is 0 Å². The third-order valence-corrected chi connectivity index (χ3v) is 3.65. The van der Waals surface area contributed by atoms with Crippen molar-refractivity contribution >= 4 is 11.8 Å². The van der Waals surface area contributed by atoms with Gasteiger partial charge in [0.05, 0.1) is 13.7 Å². The molecular weight excluding hydrogens is 282 g/mol. The normalized spacial score (nSPS) is 9.86. The Balaban J connectivity index is 2.15. The van der Waals surface area contributed by atoms with Crippen LogP contribution in [0.3, 0.4) is 0 Å². The Kier molecular flexibility index (Phi) is 5.61. The molecule has 4 nitrogen and oxygen atoms in total. The fourth-order valence-electron chi connectivity index (χ4n) is 1.72. The monoisotopic (exact) mass is 299 g/mol. The zero-order valence-electron chi connectivity index (χ0n) is 12.1. The highest BCUT2D eigenvalue weighted by atomic mass is 32.2. The molecule has 0 spiro atoms. The topological polar surface area (TPSA) is 61.0 Å². The number of benzene rings is 1. The Labute approximate surface area is 129 Å². The first-order valence-corrected chi connectivity index (χ1v) is 7.49. The Hall–Kier alpha value is -2.03. The van der Waals surface area contributed by atoms with Crippen LogP contribution in [-0.2, 0) is 5.75 Å². The summed E-state index contributed by atoms with van der Waals surface area (Å²) in [5.74, 6) is 7.45. The number of methoxy groups -OCH3 is 1. The van der Waals surface area contributed by atoms with E-state index in [4.69, 9.17) is 10.5 Å². The molecule has 1 heterocycles. The van der Waals surface area contributed by atoms with Crippen molar-refractivity contribution in [3.8, 4) is 17.6 Å². The second-order valence-corrected chi connectivity index (χ2v) is 5.31. The summed E-state index contributed by atoms with van der Waals surface area (Å²) >= 11 is 1.57. The standard InChI is InChI=1S/C16H17N3OS/c1-12-9-18-16(19-10-12)21-11-14-8-13(4-3-7-17)5-6-15(14)20-2/h5-6,8-10H,7,11,17H2,1-2H3. The van der Waals surface area contributed by atoms with Crippen molar-refractivity contribution < 1.29 is 4.74 Å². The van der Waals surface area contributed by atoms with Crippen LogP contribution < -0.4 is 10.5 Å². The SMILES string of the molecule is COc1ccc(C#CCN)cc1CSc1ncc(C)cn1. The number of rotatable bonds is 4. The molecular formula is C16H17N3OS. The summed E-state index contributed by atoms with van der Waals surface area (Å²) in [5.41, 5.74) is 8.45. The van der Waals surface area contributed by atoms with Crippen LogP contribution in [0.15, 0.2) is 35.7 Å². The van der Waals surface area contributed by atoms with Crippen molar-refractivity contribution in [3.63, 3.8) is 0 Å². The molecule has 108 valence electrons. The summed E-state index contributed by atoms with van der Waals surface area (Å²) in [6, 6.07) is 5.87. The van der Waals surface area contributed by atoms with Gasteiger partial charge in [-0.15, -0.1) is 0 Å². The zero-order valence-corrected chi connectivity index (χ0v) is 12.9. The molecule has 0 unspecified atom stereocenters. The average molecular weight is 299 g/mol. The molecule has 0 bridgehead atoms. The minimum Gasteiger partial charge on any atom is -0.496 e. The van der Waals surface area contributed by atoms with Gasteiger partial charge in [-0.1, -0.05) is 23.6 Å². The highest BCUT2D eigenvalue weighted by molar-refractivity contribution is 7.98. The Bertz CT molecular complexity index is 659. The van der Waals surface area contributed by atoms with Crippen LogP contribution in [0.5, 0.6) is 5.75 Å². The predicted molar refractivity (Wildman–Crippen MR) is 85.3 cm³/mol. The maximum atomic E-state index is 5.40. The fraction of sp³-hybridized carbons (Fsp3) is 0.250. The molecule has 0 saturated heterocycles. The van der Waals surface area contributed by atoms with E-state index in [9.17, 15) is 0 Å². The molecule has 0 radical (unpaired) electrons. The van der Waals surface area contributed by atoms with Gasteiger partial charge >= 0.3 is 0 Å². The molecule has 0 aliphatic rings. The molecule has 5 heteroatoms. The first-order valence-electron chi connectivity index (χ1n) is 6.50. The first-order chi connectivity index (χ1) is 10.2. The summed E-state index contributed by atoms with van der Waals surface area (Å²) in [7, 11) is 1.66. The molecule has 0 fully saturated rings. The van der Waals surface area contributed by atoms with Gasteiger partial charge in [0.25, 0.3) is 0 Å². The maximum absolute atomic E-state index is 5.40. The van der Waals surface area contributed by atoms with Gasteiger partial charge < -0.3 is 10.5 Å². The van der Waals surface area contributed by atoms with Crippen LogP contribution in [-0.4, -0.2) is 23.6 Å². The third-order valence-electron chi connectivity index (χ3n) is 2.73. The maximum Gasteiger partial charge on any atom is 0.187 e. The number of nitrogens with zero attached hydrogens (tertiary/aromatic N) is 2. The van der Waals surface area contributed by atoms with Crippen molar-refractivity contribution in [2.75, 3.05) is 13.7 Å². The number of ether oxygens (including phenoxy) is 1. The van der Waals surface area contributed by atoms with Crippen molar-refractivity contribution in [3.05, 3.63) is 47.3 Å². The van der Waals surface area contributed by atoms with Gasteiger partial charge in [0.1, 0.15) is 5.75 Å². The van der Waals surface area contributed by atoms with Gasteiger partial charge in [-0.2, -0.15) is 0 Å². The smallest absolute Gasteiger partial charge is 0.187 e. The van der Waals surface area contributed by atoms with E-state index >= 15 is 0 Å². The molecule has 0 aliphatic carbocycles. The van der Waals surface area contributed by atoms with E-state index in [0.29, 0.717) is 6.54 Å². The largest absolute Gasteiger partial charge is 0.496 e.